The summed E-state index contributed by atoms with van der Waals surface area (Å²) < 4.78 is 6.05. The summed E-state index contributed by atoms with van der Waals surface area (Å²) in [5.41, 5.74) is 0.137. The zero-order valence-electron chi connectivity index (χ0n) is 9.44. The number of ether oxygens (including phenoxy) is 1. The highest BCUT2D eigenvalue weighted by Gasteiger charge is 2.10. The monoisotopic (exact) mass is 349 g/mol. The average molecular weight is 349 g/mol. The average Bonchev–Trinajstić information content (AvgIpc) is 2.26. The standard InChI is InChI=1S/C11H12INO4/c1-13(2)10(14)6-17-9-5-7(11(15)16)3-4-8(9)12/h3-5H,6H2,1-2H3,(H,15,16). The van der Waals surface area contributed by atoms with Crippen LogP contribution in [0, 0.1) is 3.57 Å². The molecule has 0 aliphatic heterocycles. The second kappa shape index (κ2) is 5.85. The molecule has 0 fully saturated rings. The Morgan fingerprint density at radius 2 is 2.06 bits per heavy atom. The Balaban J connectivity index is 2.80. The molecule has 0 spiro atoms. The summed E-state index contributed by atoms with van der Waals surface area (Å²) in [5.74, 6) is -0.799. The number of rotatable bonds is 4. The number of carboxylic acids is 1. The Morgan fingerprint density at radius 1 is 1.41 bits per heavy atom. The van der Waals surface area contributed by atoms with E-state index < -0.39 is 5.97 Å². The van der Waals surface area contributed by atoms with Gasteiger partial charge in [-0.05, 0) is 40.8 Å². The van der Waals surface area contributed by atoms with Gasteiger partial charge in [0.15, 0.2) is 6.61 Å². The Labute approximate surface area is 113 Å². The Morgan fingerprint density at radius 3 is 2.59 bits per heavy atom. The molecule has 0 unspecified atom stereocenters. The molecule has 6 heteroatoms. The molecule has 0 saturated heterocycles. The third-order valence-corrected chi connectivity index (χ3v) is 2.92. The highest BCUT2D eigenvalue weighted by molar-refractivity contribution is 14.1. The minimum atomic E-state index is -1.02. The van der Waals surface area contributed by atoms with E-state index in [4.69, 9.17) is 9.84 Å². The van der Waals surface area contributed by atoms with Gasteiger partial charge >= 0.3 is 5.97 Å². The number of hydrogen-bond acceptors (Lipinski definition) is 3. The maximum absolute atomic E-state index is 11.3. The lowest BCUT2D eigenvalue weighted by molar-refractivity contribution is -0.130. The summed E-state index contributed by atoms with van der Waals surface area (Å²) in [6.07, 6.45) is 0. The molecule has 0 heterocycles. The number of hydrogen-bond donors (Lipinski definition) is 1. The van der Waals surface area contributed by atoms with Crippen molar-refractivity contribution < 1.29 is 19.4 Å². The summed E-state index contributed by atoms with van der Waals surface area (Å²) in [7, 11) is 3.26. The van der Waals surface area contributed by atoms with Gasteiger partial charge in [0.05, 0.1) is 9.13 Å². The lowest BCUT2D eigenvalue weighted by Gasteiger charge is -2.12. The predicted molar refractivity (Wildman–Crippen MR) is 70.3 cm³/mol. The van der Waals surface area contributed by atoms with Gasteiger partial charge in [-0.1, -0.05) is 0 Å². The molecule has 0 bridgehead atoms. The van der Waals surface area contributed by atoms with Crippen molar-refractivity contribution in [2.75, 3.05) is 20.7 Å². The number of carbonyl (C=O) groups excluding carboxylic acids is 1. The highest BCUT2D eigenvalue weighted by atomic mass is 127. The van der Waals surface area contributed by atoms with E-state index in [1.807, 2.05) is 22.6 Å². The second-order valence-electron chi connectivity index (χ2n) is 3.53. The van der Waals surface area contributed by atoms with Crippen molar-refractivity contribution in [3.63, 3.8) is 0 Å². The van der Waals surface area contributed by atoms with Crippen LogP contribution in [0.15, 0.2) is 18.2 Å². The van der Waals surface area contributed by atoms with Crippen LogP contribution in [0.5, 0.6) is 5.75 Å². The summed E-state index contributed by atoms with van der Waals surface area (Å²) in [5, 5.41) is 8.83. The van der Waals surface area contributed by atoms with Gasteiger partial charge < -0.3 is 14.7 Å². The van der Waals surface area contributed by atoms with Crippen LogP contribution < -0.4 is 4.74 Å². The van der Waals surface area contributed by atoms with Crippen molar-refractivity contribution in [3.05, 3.63) is 27.3 Å². The third-order valence-electron chi connectivity index (χ3n) is 2.03. The van der Waals surface area contributed by atoms with Crippen LogP contribution in [-0.2, 0) is 4.79 Å². The van der Waals surface area contributed by atoms with Crippen molar-refractivity contribution in [1.82, 2.24) is 4.90 Å². The highest BCUT2D eigenvalue weighted by Crippen LogP contribution is 2.22. The first kappa shape index (κ1) is 13.8. The van der Waals surface area contributed by atoms with Crippen LogP contribution in [0.1, 0.15) is 10.4 Å². The fourth-order valence-corrected chi connectivity index (χ4v) is 1.51. The van der Waals surface area contributed by atoms with E-state index in [1.165, 1.54) is 17.0 Å². The first-order valence-corrected chi connectivity index (χ1v) is 5.85. The SMILES string of the molecule is CN(C)C(=O)COc1cc(C(=O)O)ccc1I. The van der Waals surface area contributed by atoms with Gasteiger partial charge in [0.25, 0.3) is 5.91 Å². The lowest BCUT2D eigenvalue weighted by atomic mass is 10.2. The summed E-state index contributed by atoms with van der Waals surface area (Å²) in [6, 6.07) is 4.54. The number of aromatic carboxylic acids is 1. The number of benzene rings is 1. The molecular weight excluding hydrogens is 337 g/mol. The second-order valence-corrected chi connectivity index (χ2v) is 4.69. The van der Waals surface area contributed by atoms with Crippen LogP contribution in [0.3, 0.4) is 0 Å². The van der Waals surface area contributed by atoms with Crippen molar-refractivity contribution in [2.45, 2.75) is 0 Å². The molecule has 1 rings (SSSR count). The molecule has 1 aromatic carbocycles. The van der Waals surface area contributed by atoms with Gasteiger partial charge in [-0.3, -0.25) is 4.79 Å². The molecule has 0 aromatic heterocycles. The topological polar surface area (TPSA) is 66.8 Å². The van der Waals surface area contributed by atoms with E-state index >= 15 is 0 Å². The Kier molecular flexibility index (Phi) is 4.73. The number of carbonyl (C=O) groups is 2. The quantitative estimate of drug-likeness (QED) is 0.836. The molecule has 1 aromatic rings. The van der Waals surface area contributed by atoms with Crippen LogP contribution in [-0.4, -0.2) is 42.6 Å². The van der Waals surface area contributed by atoms with Gasteiger partial charge in [-0.15, -0.1) is 0 Å². The summed E-state index contributed by atoms with van der Waals surface area (Å²) in [6.45, 7) is -0.105. The molecule has 1 N–H and O–H groups in total. The first-order valence-electron chi connectivity index (χ1n) is 4.77. The molecule has 0 saturated carbocycles. The predicted octanol–water partition coefficient (Wildman–Crippen LogP) is 1.46. The van der Waals surface area contributed by atoms with Crippen molar-refractivity contribution in [3.8, 4) is 5.75 Å². The van der Waals surface area contributed by atoms with Gasteiger partial charge in [-0.25, -0.2) is 4.79 Å². The zero-order chi connectivity index (χ0) is 13.0. The fourth-order valence-electron chi connectivity index (χ4n) is 1.02. The first-order chi connectivity index (χ1) is 7.91. The van der Waals surface area contributed by atoms with Gasteiger partial charge in [-0.2, -0.15) is 0 Å². The minimum Gasteiger partial charge on any atom is -0.483 e. The van der Waals surface area contributed by atoms with Crippen LogP contribution in [0.4, 0.5) is 0 Å². The Hall–Kier alpha value is -1.31. The van der Waals surface area contributed by atoms with Crippen LogP contribution in [0.25, 0.3) is 0 Å². The van der Waals surface area contributed by atoms with E-state index in [-0.39, 0.29) is 18.1 Å². The summed E-state index contributed by atoms with van der Waals surface area (Å²) in [4.78, 5) is 23.5. The minimum absolute atomic E-state index is 0.105. The van der Waals surface area contributed by atoms with Crippen LogP contribution in [0.2, 0.25) is 0 Å². The van der Waals surface area contributed by atoms with Crippen molar-refractivity contribution in [2.24, 2.45) is 0 Å². The molecule has 0 radical (unpaired) electrons. The van der Waals surface area contributed by atoms with Crippen molar-refractivity contribution in [1.29, 1.82) is 0 Å². The number of nitrogens with zero attached hydrogens (tertiary/aromatic N) is 1. The van der Waals surface area contributed by atoms with E-state index in [0.717, 1.165) is 3.57 Å². The third kappa shape index (κ3) is 3.88. The molecule has 1 amide bonds. The zero-order valence-corrected chi connectivity index (χ0v) is 11.6. The molecule has 0 atom stereocenters. The smallest absolute Gasteiger partial charge is 0.335 e. The largest absolute Gasteiger partial charge is 0.483 e. The Bertz CT molecular complexity index is 445. The maximum atomic E-state index is 11.3. The van der Waals surface area contributed by atoms with E-state index in [2.05, 4.69) is 0 Å². The van der Waals surface area contributed by atoms with E-state index in [0.29, 0.717) is 5.75 Å². The number of amides is 1. The molecule has 0 aliphatic carbocycles. The maximum Gasteiger partial charge on any atom is 0.335 e. The fraction of sp³-hybridized carbons (Fsp3) is 0.273. The molecule has 92 valence electrons. The number of carboxylic acid groups (broad SMARTS) is 1. The lowest BCUT2D eigenvalue weighted by Crippen LogP contribution is -2.27. The molecule has 5 nitrogen and oxygen atoms in total. The summed E-state index contributed by atoms with van der Waals surface area (Å²) >= 11 is 2.02. The van der Waals surface area contributed by atoms with E-state index in [9.17, 15) is 9.59 Å². The molecular formula is C11H12INO4. The van der Waals surface area contributed by atoms with Crippen LogP contribution >= 0.6 is 22.6 Å². The van der Waals surface area contributed by atoms with Gasteiger partial charge in [0.2, 0.25) is 0 Å². The van der Waals surface area contributed by atoms with E-state index in [1.54, 1.807) is 20.2 Å². The normalized spacial score (nSPS) is 9.82. The number of likely N-dealkylation sites (N-methyl/N-ethyl adjacent to an activating group) is 1. The van der Waals surface area contributed by atoms with Crippen molar-refractivity contribution >= 4 is 34.5 Å². The van der Waals surface area contributed by atoms with Gasteiger partial charge in [0, 0.05) is 14.1 Å². The molecule has 17 heavy (non-hydrogen) atoms. The number of halogens is 1. The van der Waals surface area contributed by atoms with Gasteiger partial charge in [0.1, 0.15) is 5.75 Å². The molecule has 0 aliphatic rings.